The van der Waals surface area contributed by atoms with Crippen molar-refractivity contribution in [3.05, 3.63) is 0 Å². The lowest BCUT2D eigenvalue weighted by molar-refractivity contribution is -0.168. The molecule has 1 aliphatic carbocycles. The SMILES string of the molecule is CCC(C)(C)C(=O)OC1(C)CCC(CC(C)O)C1. The van der Waals surface area contributed by atoms with Crippen LogP contribution in [-0.4, -0.2) is 22.8 Å². The smallest absolute Gasteiger partial charge is 0.312 e. The van der Waals surface area contributed by atoms with Gasteiger partial charge < -0.3 is 9.84 Å². The Hall–Kier alpha value is -0.570. The maximum atomic E-state index is 12.1. The second-order valence-corrected chi connectivity index (χ2v) is 6.77. The van der Waals surface area contributed by atoms with Gasteiger partial charge >= 0.3 is 5.97 Å². The van der Waals surface area contributed by atoms with E-state index >= 15 is 0 Å². The van der Waals surface area contributed by atoms with Gasteiger partial charge in [0.05, 0.1) is 11.5 Å². The van der Waals surface area contributed by atoms with Gasteiger partial charge in [0.25, 0.3) is 0 Å². The van der Waals surface area contributed by atoms with Gasteiger partial charge in [-0.15, -0.1) is 0 Å². The van der Waals surface area contributed by atoms with Crippen molar-refractivity contribution in [3.63, 3.8) is 0 Å². The zero-order valence-corrected chi connectivity index (χ0v) is 12.5. The fourth-order valence-corrected chi connectivity index (χ4v) is 2.61. The van der Waals surface area contributed by atoms with E-state index in [9.17, 15) is 9.90 Å². The Morgan fingerprint density at radius 1 is 1.56 bits per heavy atom. The summed E-state index contributed by atoms with van der Waals surface area (Å²) in [6.07, 6.45) is 4.17. The summed E-state index contributed by atoms with van der Waals surface area (Å²) in [5.74, 6) is 0.387. The maximum absolute atomic E-state index is 12.1. The van der Waals surface area contributed by atoms with Crippen molar-refractivity contribution in [1.82, 2.24) is 0 Å². The molecule has 0 radical (unpaired) electrons. The van der Waals surface area contributed by atoms with Crippen LogP contribution in [0.1, 0.15) is 66.7 Å². The van der Waals surface area contributed by atoms with Gasteiger partial charge in [0.2, 0.25) is 0 Å². The minimum absolute atomic E-state index is 0.0924. The molecule has 3 unspecified atom stereocenters. The zero-order chi connectivity index (χ0) is 14.0. The molecule has 1 saturated carbocycles. The van der Waals surface area contributed by atoms with E-state index in [4.69, 9.17) is 4.74 Å². The molecular weight excluding hydrogens is 228 g/mol. The quantitative estimate of drug-likeness (QED) is 0.768. The molecule has 0 aliphatic heterocycles. The molecule has 18 heavy (non-hydrogen) atoms. The summed E-state index contributed by atoms with van der Waals surface area (Å²) in [7, 11) is 0. The zero-order valence-electron chi connectivity index (χ0n) is 12.5. The number of rotatable bonds is 5. The van der Waals surface area contributed by atoms with Crippen LogP contribution in [0.15, 0.2) is 0 Å². The van der Waals surface area contributed by atoms with E-state index in [0.29, 0.717) is 5.92 Å². The molecule has 1 N–H and O–H groups in total. The minimum Gasteiger partial charge on any atom is -0.459 e. The average molecular weight is 256 g/mol. The van der Waals surface area contributed by atoms with E-state index in [-0.39, 0.29) is 17.7 Å². The van der Waals surface area contributed by atoms with Crippen molar-refractivity contribution in [3.8, 4) is 0 Å². The molecule has 0 bridgehead atoms. The summed E-state index contributed by atoms with van der Waals surface area (Å²) in [6.45, 7) is 9.72. The van der Waals surface area contributed by atoms with Gasteiger partial charge in [0.15, 0.2) is 0 Å². The molecule has 1 aliphatic rings. The van der Waals surface area contributed by atoms with Gasteiger partial charge in [-0.1, -0.05) is 6.92 Å². The van der Waals surface area contributed by atoms with Crippen LogP contribution in [0.3, 0.4) is 0 Å². The average Bonchev–Trinajstić information content (AvgIpc) is 2.58. The second-order valence-electron chi connectivity index (χ2n) is 6.77. The van der Waals surface area contributed by atoms with Gasteiger partial charge in [-0.05, 0) is 65.7 Å². The third kappa shape index (κ3) is 3.98. The highest BCUT2D eigenvalue weighted by molar-refractivity contribution is 5.76. The summed E-state index contributed by atoms with van der Waals surface area (Å²) in [5, 5.41) is 9.42. The highest BCUT2D eigenvalue weighted by Crippen LogP contribution is 2.40. The van der Waals surface area contributed by atoms with Crippen molar-refractivity contribution in [2.75, 3.05) is 0 Å². The van der Waals surface area contributed by atoms with E-state index in [1.54, 1.807) is 0 Å². The molecule has 0 saturated heterocycles. The molecule has 1 rings (SSSR count). The third-order valence-corrected chi connectivity index (χ3v) is 4.25. The minimum atomic E-state index is -0.397. The molecule has 0 aromatic heterocycles. The van der Waals surface area contributed by atoms with E-state index < -0.39 is 5.41 Å². The predicted molar refractivity (Wildman–Crippen MR) is 72.2 cm³/mol. The van der Waals surface area contributed by atoms with Crippen LogP contribution in [-0.2, 0) is 9.53 Å². The number of hydrogen-bond donors (Lipinski definition) is 1. The summed E-state index contributed by atoms with van der Waals surface area (Å²) in [6, 6.07) is 0. The Balaban J connectivity index is 2.55. The first-order chi connectivity index (χ1) is 8.18. The standard InChI is InChI=1S/C15H28O3/c1-6-14(3,4)13(17)18-15(5)8-7-12(10-15)9-11(2)16/h11-12,16H,6-10H2,1-5H3. The van der Waals surface area contributed by atoms with Crippen LogP contribution in [0.4, 0.5) is 0 Å². The topological polar surface area (TPSA) is 46.5 Å². The van der Waals surface area contributed by atoms with Crippen LogP contribution in [0.25, 0.3) is 0 Å². The summed E-state index contributed by atoms with van der Waals surface area (Å²) < 4.78 is 5.75. The van der Waals surface area contributed by atoms with Crippen molar-refractivity contribution in [2.45, 2.75) is 78.4 Å². The Kier molecular flexibility index (Phi) is 4.82. The summed E-state index contributed by atoms with van der Waals surface area (Å²) >= 11 is 0. The lowest BCUT2D eigenvalue weighted by atomic mass is 9.90. The van der Waals surface area contributed by atoms with Gasteiger partial charge in [0.1, 0.15) is 5.60 Å². The Labute approximate surface area is 111 Å². The largest absolute Gasteiger partial charge is 0.459 e. The highest BCUT2D eigenvalue weighted by atomic mass is 16.6. The fraction of sp³-hybridized carbons (Fsp3) is 0.933. The molecule has 0 amide bonds. The lowest BCUT2D eigenvalue weighted by Crippen LogP contribution is -2.36. The third-order valence-electron chi connectivity index (χ3n) is 4.25. The molecule has 0 aromatic rings. The second kappa shape index (κ2) is 5.60. The van der Waals surface area contributed by atoms with Crippen LogP contribution in [0.2, 0.25) is 0 Å². The van der Waals surface area contributed by atoms with Crippen molar-refractivity contribution in [1.29, 1.82) is 0 Å². The molecule has 0 heterocycles. The number of ether oxygens (including phenoxy) is 1. The van der Waals surface area contributed by atoms with E-state index in [1.165, 1.54) is 0 Å². The van der Waals surface area contributed by atoms with Crippen molar-refractivity contribution >= 4 is 5.97 Å². The van der Waals surface area contributed by atoms with Crippen molar-refractivity contribution in [2.24, 2.45) is 11.3 Å². The Morgan fingerprint density at radius 2 is 2.17 bits per heavy atom. The number of esters is 1. The highest BCUT2D eigenvalue weighted by Gasteiger charge is 2.41. The number of carbonyl (C=O) groups excluding carboxylic acids is 1. The van der Waals surface area contributed by atoms with E-state index in [2.05, 4.69) is 0 Å². The lowest BCUT2D eigenvalue weighted by Gasteiger charge is -2.30. The number of hydrogen-bond acceptors (Lipinski definition) is 3. The van der Waals surface area contributed by atoms with Crippen LogP contribution < -0.4 is 0 Å². The maximum Gasteiger partial charge on any atom is 0.312 e. The first-order valence-electron chi connectivity index (χ1n) is 7.10. The number of aliphatic hydroxyl groups is 1. The van der Waals surface area contributed by atoms with Crippen LogP contribution in [0, 0.1) is 11.3 Å². The summed E-state index contributed by atoms with van der Waals surface area (Å²) in [4.78, 5) is 12.1. The molecule has 1 fully saturated rings. The van der Waals surface area contributed by atoms with Crippen LogP contribution >= 0.6 is 0 Å². The van der Waals surface area contributed by atoms with Gasteiger partial charge in [-0.2, -0.15) is 0 Å². The molecule has 3 nitrogen and oxygen atoms in total. The molecule has 3 heteroatoms. The van der Waals surface area contributed by atoms with Crippen molar-refractivity contribution < 1.29 is 14.6 Å². The first kappa shape index (κ1) is 15.5. The molecule has 0 aromatic carbocycles. The van der Waals surface area contributed by atoms with Gasteiger partial charge in [-0.3, -0.25) is 4.79 Å². The van der Waals surface area contributed by atoms with Crippen LogP contribution in [0.5, 0.6) is 0 Å². The van der Waals surface area contributed by atoms with Gasteiger partial charge in [0, 0.05) is 0 Å². The van der Waals surface area contributed by atoms with E-state index in [0.717, 1.165) is 32.1 Å². The Morgan fingerprint density at radius 3 is 2.67 bits per heavy atom. The number of carbonyl (C=O) groups is 1. The first-order valence-corrected chi connectivity index (χ1v) is 7.10. The molecule has 3 atom stereocenters. The predicted octanol–water partition coefficient (Wildman–Crippen LogP) is 3.30. The van der Waals surface area contributed by atoms with E-state index in [1.807, 2.05) is 34.6 Å². The monoisotopic (exact) mass is 256 g/mol. The Bertz CT molecular complexity index is 296. The number of aliphatic hydroxyl groups excluding tert-OH is 1. The van der Waals surface area contributed by atoms with Gasteiger partial charge in [-0.25, -0.2) is 0 Å². The molecular formula is C15H28O3. The normalized spacial score (nSPS) is 30.2. The fourth-order valence-electron chi connectivity index (χ4n) is 2.61. The molecule has 0 spiro atoms. The summed E-state index contributed by atoms with van der Waals surface area (Å²) in [5.41, 5.74) is -0.728. The molecule has 106 valence electrons.